The molecule has 2 saturated heterocycles. The number of benzene rings is 2. The Labute approximate surface area is 234 Å². The lowest BCUT2D eigenvalue weighted by Crippen LogP contribution is -2.41. The summed E-state index contributed by atoms with van der Waals surface area (Å²) < 4.78 is 19.0. The number of piperidine rings is 2. The highest BCUT2D eigenvalue weighted by Crippen LogP contribution is 2.23. The summed E-state index contributed by atoms with van der Waals surface area (Å²) in [6.45, 7) is 3.71. The van der Waals surface area contributed by atoms with E-state index in [4.69, 9.17) is 10.00 Å². The highest BCUT2D eigenvalue weighted by atomic mass is 19.1. The number of ketones is 1. The number of hydrogen-bond donors (Lipinski definition) is 0. The van der Waals surface area contributed by atoms with Crippen LogP contribution in [0, 0.1) is 23.1 Å². The van der Waals surface area contributed by atoms with Crippen molar-refractivity contribution in [2.45, 2.75) is 44.8 Å². The quantitative estimate of drug-likeness (QED) is 0.408. The lowest BCUT2D eigenvalue weighted by atomic mass is 9.90. The van der Waals surface area contributed by atoms with Crippen LogP contribution in [0.2, 0.25) is 0 Å². The molecule has 0 unspecified atom stereocenters. The van der Waals surface area contributed by atoms with Crippen LogP contribution < -0.4 is 4.74 Å². The van der Waals surface area contributed by atoms with E-state index in [1.54, 1.807) is 35.4 Å². The number of ether oxygens (including phenoxy) is 1. The SMILES string of the molecule is N#Cc1ccc(CN2CCC(C(=O)Cc3ccc(C(=O)N4CCC(Oc5ccc(F)cc5)CC4)cn3)CC2)cc1. The molecule has 0 N–H and O–H groups in total. The van der Waals surface area contributed by atoms with Crippen LogP contribution in [0.5, 0.6) is 5.75 Å². The van der Waals surface area contributed by atoms with E-state index in [9.17, 15) is 14.0 Å². The zero-order chi connectivity index (χ0) is 27.9. The number of aromatic nitrogens is 1. The van der Waals surface area contributed by atoms with Gasteiger partial charge < -0.3 is 9.64 Å². The zero-order valence-corrected chi connectivity index (χ0v) is 22.5. The maximum absolute atomic E-state index is 13.1. The summed E-state index contributed by atoms with van der Waals surface area (Å²) in [4.78, 5) is 34.5. The largest absolute Gasteiger partial charge is 0.490 e. The normalized spacial score (nSPS) is 16.9. The number of rotatable bonds is 8. The number of halogens is 1. The molecule has 7 nitrogen and oxygen atoms in total. The second kappa shape index (κ2) is 12.8. The first-order chi connectivity index (χ1) is 19.5. The third-order valence-electron chi connectivity index (χ3n) is 7.80. The van der Waals surface area contributed by atoms with Gasteiger partial charge in [-0.05, 0) is 80.0 Å². The van der Waals surface area contributed by atoms with Crippen LogP contribution in [0.15, 0.2) is 66.9 Å². The van der Waals surface area contributed by atoms with E-state index >= 15 is 0 Å². The van der Waals surface area contributed by atoms with E-state index in [0.717, 1.165) is 32.5 Å². The van der Waals surface area contributed by atoms with E-state index in [2.05, 4.69) is 16.0 Å². The molecule has 0 atom stereocenters. The number of carbonyl (C=O) groups is 2. The molecule has 5 rings (SSSR count). The van der Waals surface area contributed by atoms with Crippen LogP contribution in [-0.4, -0.2) is 58.8 Å². The van der Waals surface area contributed by atoms with Gasteiger partial charge in [0.05, 0.1) is 17.2 Å². The minimum atomic E-state index is -0.297. The van der Waals surface area contributed by atoms with Crippen molar-refractivity contribution in [3.05, 3.63) is 95.1 Å². The van der Waals surface area contributed by atoms with Crippen LogP contribution in [0.25, 0.3) is 0 Å². The Morgan fingerprint density at radius 3 is 2.25 bits per heavy atom. The van der Waals surface area contributed by atoms with Crippen LogP contribution in [-0.2, 0) is 17.8 Å². The predicted molar refractivity (Wildman–Crippen MR) is 148 cm³/mol. The van der Waals surface area contributed by atoms with Gasteiger partial charge in [-0.3, -0.25) is 19.5 Å². The summed E-state index contributed by atoms with van der Waals surface area (Å²) in [5.74, 6) is 0.496. The van der Waals surface area contributed by atoms with Crippen molar-refractivity contribution in [2.75, 3.05) is 26.2 Å². The Morgan fingerprint density at radius 2 is 1.62 bits per heavy atom. The van der Waals surface area contributed by atoms with E-state index in [0.29, 0.717) is 48.5 Å². The van der Waals surface area contributed by atoms with Crippen molar-refractivity contribution in [1.29, 1.82) is 5.26 Å². The van der Waals surface area contributed by atoms with Crippen LogP contribution in [0.3, 0.4) is 0 Å². The Bertz CT molecular complexity index is 1340. The highest BCUT2D eigenvalue weighted by molar-refractivity contribution is 5.94. The van der Waals surface area contributed by atoms with E-state index in [1.165, 1.54) is 17.7 Å². The third kappa shape index (κ3) is 7.10. The van der Waals surface area contributed by atoms with E-state index < -0.39 is 0 Å². The maximum Gasteiger partial charge on any atom is 0.255 e. The molecule has 0 bridgehead atoms. The molecule has 0 radical (unpaired) electrons. The number of pyridine rings is 1. The van der Waals surface area contributed by atoms with Gasteiger partial charge in [0, 0.05) is 56.7 Å². The van der Waals surface area contributed by atoms with Crippen molar-refractivity contribution in [2.24, 2.45) is 5.92 Å². The molecular formula is C32H33FN4O3. The molecule has 8 heteroatoms. The fourth-order valence-corrected chi connectivity index (χ4v) is 5.40. The van der Waals surface area contributed by atoms with Crippen molar-refractivity contribution >= 4 is 11.7 Å². The Morgan fingerprint density at radius 1 is 0.925 bits per heavy atom. The van der Waals surface area contributed by atoms with Crippen LogP contribution in [0.4, 0.5) is 4.39 Å². The molecule has 0 saturated carbocycles. The molecule has 2 aliphatic rings. The van der Waals surface area contributed by atoms with Gasteiger partial charge in [-0.15, -0.1) is 0 Å². The maximum atomic E-state index is 13.1. The summed E-state index contributed by atoms with van der Waals surface area (Å²) in [7, 11) is 0. The monoisotopic (exact) mass is 540 g/mol. The summed E-state index contributed by atoms with van der Waals surface area (Å²) in [5.41, 5.74) is 3.04. The average Bonchev–Trinajstić information content (AvgIpc) is 2.99. The first-order valence-electron chi connectivity index (χ1n) is 13.9. The van der Waals surface area contributed by atoms with Gasteiger partial charge >= 0.3 is 0 Å². The Balaban J connectivity index is 1.05. The summed E-state index contributed by atoms with van der Waals surface area (Å²) in [6, 6.07) is 19.3. The fourth-order valence-electron chi connectivity index (χ4n) is 5.40. The van der Waals surface area contributed by atoms with Crippen molar-refractivity contribution < 1.29 is 18.7 Å². The predicted octanol–water partition coefficient (Wildman–Crippen LogP) is 4.80. The Hall–Kier alpha value is -4.09. The number of amides is 1. The smallest absolute Gasteiger partial charge is 0.255 e. The lowest BCUT2D eigenvalue weighted by Gasteiger charge is -2.32. The molecule has 2 aliphatic heterocycles. The molecule has 206 valence electrons. The zero-order valence-electron chi connectivity index (χ0n) is 22.5. The molecule has 1 aromatic heterocycles. The summed E-state index contributed by atoms with van der Waals surface area (Å²) in [6.07, 6.45) is 4.90. The average molecular weight is 541 g/mol. The van der Waals surface area contributed by atoms with Crippen molar-refractivity contribution in [3.8, 4) is 11.8 Å². The number of hydrogen-bond acceptors (Lipinski definition) is 6. The molecule has 40 heavy (non-hydrogen) atoms. The van der Waals surface area contributed by atoms with Gasteiger partial charge in [0.25, 0.3) is 5.91 Å². The van der Waals surface area contributed by atoms with Crippen molar-refractivity contribution in [3.63, 3.8) is 0 Å². The topological polar surface area (TPSA) is 86.5 Å². The van der Waals surface area contributed by atoms with Crippen LogP contribution >= 0.6 is 0 Å². The van der Waals surface area contributed by atoms with Gasteiger partial charge in [-0.2, -0.15) is 5.26 Å². The highest BCUT2D eigenvalue weighted by Gasteiger charge is 2.27. The van der Waals surface area contributed by atoms with Gasteiger partial charge in [0.1, 0.15) is 23.5 Å². The molecule has 2 fully saturated rings. The lowest BCUT2D eigenvalue weighted by molar-refractivity contribution is -0.123. The van der Waals surface area contributed by atoms with Gasteiger partial charge in [-0.1, -0.05) is 12.1 Å². The minimum absolute atomic E-state index is 0.0103. The standard InChI is InChI=1S/C32H33FN4O3/c33-27-6-9-29(10-7-27)40-30-13-17-37(18-14-30)32(39)26-5-8-28(35-21-26)19-31(38)25-11-15-36(16-12-25)22-24-3-1-23(20-34)2-4-24/h1-10,21,25,30H,11-19,22H2. The molecule has 1 amide bonds. The number of nitrogens with zero attached hydrogens (tertiary/aromatic N) is 4. The molecule has 0 aliphatic carbocycles. The first-order valence-corrected chi connectivity index (χ1v) is 13.9. The molecule has 3 heterocycles. The van der Waals surface area contributed by atoms with Gasteiger partial charge in [0.2, 0.25) is 0 Å². The second-order valence-electron chi connectivity index (χ2n) is 10.6. The molecule has 3 aromatic rings. The minimum Gasteiger partial charge on any atom is -0.490 e. The second-order valence-corrected chi connectivity index (χ2v) is 10.6. The van der Waals surface area contributed by atoms with Crippen LogP contribution in [0.1, 0.15) is 52.9 Å². The number of carbonyl (C=O) groups excluding carboxylic acids is 2. The number of Topliss-reactive ketones (excluding diaryl/α,β-unsaturated/α-hetero) is 1. The number of likely N-dealkylation sites (tertiary alicyclic amines) is 2. The Kier molecular flexibility index (Phi) is 8.82. The van der Waals surface area contributed by atoms with E-state index in [-0.39, 0.29) is 36.0 Å². The first kappa shape index (κ1) is 27.5. The molecule has 2 aromatic carbocycles. The molecule has 0 spiro atoms. The summed E-state index contributed by atoms with van der Waals surface area (Å²) in [5, 5.41) is 8.96. The molecular weight excluding hydrogens is 507 g/mol. The fraction of sp³-hybridized carbons (Fsp3) is 0.375. The summed E-state index contributed by atoms with van der Waals surface area (Å²) >= 11 is 0. The number of nitriles is 1. The van der Waals surface area contributed by atoms with Gasteiger partial charge in [-0.25, -0.2) is 4.39 Å². The van der Waals surface area contributed by atoms with Gasteiger partial charge in [0.15, 0.2) is 0 Å². The van der Waals surface area contributed by atoms with E-state index in [1.807, 2.05) is 24.3 Å². The van der Waals surface area contributed by atoms with Crippen molar-refractivity contribution in [1.82, 2.24) is 14.8 Å². The third-order valence-corrected chi connectivity index (χ3v) is 7.80.